The maximum atomic E-state index is 9.46. The number of aromatic hydroxyl groups is 2. The Hall–Kier alpha value is -1.68. The molecule has 0 radical (unpaired) electrons. The van der Waals surface area contributed by atoms with E-state index < -0.39 is 0 Å². The molecule has 0 spiro atoms. The fraction of sp³-hybridized carbons (Fsp3) is 0. The Labute approximate surface area is 135 Å². The van der Waals surface area contributed by atoms with Crippen molar-refractivity contribution in [2.24, 2.45) is 0 Å². The Morgan fingerprint density at radius 1 is 0.667 bits per heavy atom. The first-order valence-electron chi connectivity index (χ1n) is 6.12. The van der Waals surface area contributed by atoms with Crippen LogP contribution >= 0.6 is 34.5 Å². The van der Waals surface area contributed by atoms with Gasteiger partial charge in [0.05, 0.1) is 10.0 Å². The van der Waals surface area contributed by atoms with Gasteiger partial charge in [0, 0.05) is 9.75 Å². The van der Waals surface area contributed by atoms with Crippen LogP contribution < -0.4 is 0 Å². The molecule has 0 atom stereocenters. The summed E-state index contributed by atoms with van der Waals surface area (Å²) in [6, 6.07) is 14.2. The molecular formula is C16H10Cl2O2S. The predicted molar refractivity (Wildman–Crippen MR) is 88.5 cm³/mol. The molecule has 3 aromatic rings. The predicted octanol–water partition coefficient (Wildman–Crippen LogP) is 5.80. The van der Waals surface area contributed by atoms with Crippen LogP contribution in [0.15, 0.2) is 48.5 Å². The molecule has 21 heavy (non-hydrogen) atoms. The highest BCUT2D eigenvalue weighted by Gasteiger charge is 2.08. The van der Waals surface area contributed by atoms with Crippen molar-refractivity contribution in [3.05, 3.63) is 58.6 Å². The molecule has 1 aromatic heterocycles. The second kappa shape index (κ2) is 5.60. The molecule has 0 saturated heterocycles. The van der Waals surface area contributed by atoms with E-state index in [1.807, 2.05) is 24.3 Å². The van der Waals surface area contributed by atoms with Crippen LogP contribution in [0.4, 0.5) is 0 Å². The Morgan fingerprint density at radius 3 is 1.48 bits per heavy atom. The Morgan fingerprint density at radius 2 is 1.10 bits per heavy atom. The van der Waals surface area contributed by atoms with E-state index in [4.69, 9.17) is 23.2 Å². The van der Waals surface area contributed by atoms with Crippen LogP contribution in [0, 0.1) is 0 Å². The van der Waals surface area contributed by atoms with E-state index in [9.17, 15) is 10.2 Å². The minimum Gasteiger partial charge on any atom is -0.506 e. The first-order chi connectivity index (χ1) is 10.0. The minimum atomic E-state index is 0.0718. The number of hydrogen-bond acceptors (Lipinski definition) is 3. The average molecular weight is 337 g/mol. The van der Waals surface area contributed by atoms with Crippen molar-refractivity contribution in [2.45, 2.75) is 0 Å². The number of thiophene rings is 1. The van der Waals surface area contributed by atoms with Crippen molar-refractivity contribution in [3.63, 3.8) is 0 Å². The van der Waals surface area contributed by atoms with Crippen LogP contribution in [0.5, 0.6) is 11.5 Å². The SMILES string of the molecule is Oc1ccc(-c2ccc(-c3ccc(O)c(Cl)c3)s2)cc1Cl. The van der Waals surface area contributed by atoms with E-state index in [0.29, 0.717) is 10.0 Å². The summed E-state index contributed by atoms with van der Waals surface area (Å²) in [5, 5.41) is 19.6. The zero-order valence-electron chi connectivity index (χ0n) is 10.7. The number of hydrogen-bond donors (Lipinski definition) is 2. The van der Waals surface area contributed by atoms with Gasteiger partial charge in [-0.3, -0.25) is 0 Å². The summed E-state index contributed by atoms with van der Waals surface area (Å²) in [6.45, 7) is 0. The number of phenolic OH excluding ortho intramolecular Hbond substituents is 2. The van der Waals surface area contributed by atoms with Gasteiger partial charge >= 0.3 is 0 Å². The highest BCUT2D eigenvalue weighted by Crippen LogP contribution is 2.38. The smallest absolute Gasteiger partial charge is 0.134 e. The molecular weight excluding hydrogens is 327 g/mol. The zero-order valence-corrected chi connectivity index (χ0v) is 13.0. The maximum absolute atomic E-state index is 9.46. The summed E-state index contributed by atoms with van der Waals surface area (Å²) in [5.41, 5.74) is 1.89. The quantitative estimate of drug-likeness (QED) is 0.620. The van der Waals surface area contributed by atoms with Crippen molar-refractivity contribution < 1.29 is 10.2 Å². The van der Waals surface area contributed by atoms with Gasteiger partial charge in [-0.15, -0.1) is 11.3 Å². The lowest BCUT2D eigenvalue weighted by atomic mass is 10.1. The molecule has 1 heterocycles. The van der Waals surface area contributed by atoms with Crippen LogP contribution in [0.1, 0.15) is 0 Å². The van der Waals surface area contributed by atoms with Gasteiger partial charge in [0.25, 0.3) is 0 Å². The average Bonchev–Trinajstić information content (AvgIpc) is 2.94. The molecule has 0 amide bonds. The normalized spacial score (nSPS) is 10.8. The second-order valence-electron chi connectivity index (χ2n) is 4.50. The summed E-state index contributed by atoms with van der Waals surface area (Å²) >= 11 is 13.5. The van der Waals surface area contributed by atoms with E-state index in [1.54, 1.807) is 35.6 Å². The Balaban J connectivity index is 1.99. The number of halogens is 2. The summed E-state index contributed by atoms with van der Waals surface area (Å²) in [4.78, 5) is 2.08. The van der Waals surface area contributed by atoms with E-state index in [0.717, 1.165) is 20.9 Å². The van der Waals surface area contributed by atoms with E-state index >= 15 is 0 Å². The molecule has 0 aliphatic heterocycles. The largest absolute Gasteiger partial charge is 0.506 e. The molecule has 0 aliphatic carbocycles. The van der Waals surface area contributed by atoms with Crippen molar-refractivity contribution in [2.75, 3.05) is 0 Å². The molecule has 0 saturated carbocycles. The van der Waals surface area contributed by atoms with Crippen molar-refractivity contribution in [3.8, 4) is 32.4 Å². The molecule has 106 valence electrons. The van der Waals surface area contributed by atoms with E-state index in [1.165, 1.54) is 0 Å². The third-order valence-corrected chi connectivity index (χ3v) is 4.86. The van der Waals surface area contributed by atoms with Crippen LogP contribution in [0.25, 0.3) is 20.9 Å². The minimum absolute atomic E-state index is 0.0718. The van der Waals surface area contributed by atoms with Gasteiger partial charge in [-0.2, -0.15) is 0 Å². The summed E-state index contributed by atoms with van der Waals surface area (Å²) in [6.07, 6.45) is 0. The number of benzene rings is 2. The Kier molecular flexibility index (Phi) is 3.81. The third-order valence-electron chi connectivity index (χ3n) is 3.07. The Bertz CT molecular complexity index is 746. The standard InChI is InChI=1S/C16H10Cl2O2S/c17-11-7-9(1-3-13(11)19)15-5-6-16(21-15)10-2-4-14(20)12(18)8-10/h1-8,19-20H. The molecule has 2 N–H and O–H groups in total. The van der Waals surface area contributed by atoms with Gasteiger partial charge < -0.3 is 10.2 Å². The highest BCUT2D eigenvalue weighted by molar-refractivity contribution is 7.18. The topological polar surface area (TPSA) is 40.5 Å². The summed E-state index contributed by atoms with van der Waals surface area (Å²) < 4.78 is 0. The van der Waals surface area contributed by atoms with Crippen molar-refractivity contribution >= 4 is 34.5 Å². The van der Waals surface area contributed by atoms with Crippen molar-refractivity contribution in [1.29, 1.82) is 0 Å². The first kappa shape index (κ1) is 14.3. The molecule has 0 fully saturated rings. The summed E-state index contributed by atoms with van der Waals surface area (Å²) in [5.74, 6) is 0.144. The van der Waals surface area contributed by atoms with Crippen LogP contribution in [0.3, 0.4) is 0 Å². The van der Waals surface area contributed by atoms with Crippen LogP contribution in [-0.2, 0) is 0 Å². The molecule has 5 heteroatoms. The lowest BCUT2D eigenvalue weighted by molar-refractivity contribution is 0.475. The molecule has 2 nitrogen and oxygen atoms in total. The van der Waals surface area contributed by atoms with Gasteiger partial charge in [-0.05, 0) is 59.7 Å². The molecule has 0 aliphatic rings. The lowest BCUT2D eigenvalue weighted by Crippen LogP contribution is -1.74. The zero-order chi connectivity index (χ0) is 15.0. The van der Waals surface area contributed by atoms with E-state index in [2.05, 4.69) is 0 Å². The van der Waals surface area contributed by atoms with Crippen LogP contribution in [-0.4, -0.2) is 10.2 Å². The lowest BCUT2D eigenvalue weighted by Gasteiger charge is -2.02. The highest BCUT2D eigenvalue weighted by atomic mass is 35.5. The van der Waals surface area contributed by atoms with Gasteiger partial charge in [0.1, 0.15) is 11.5 Å². The third kappa shape index (κ3) is 2.86. The molecule has 2 aromatic carbocycles. The number of rotatable bonds is 2. The second-order valence-corrected chi connectivity index (χ2v) is 6.39. The molecule has 0 bridgehead atoms. The molecule has 0 unspecified atom stereocenters. The number of phenols is 2. The summed E-state index contributed by atoms with van der Waals surface area (Å²) in [7, 11) is 0. The fourth-order valence-electron chi connectivity index (χ4n) is 1.97. The van der Waals surface area contributed by atoms with Gasteiger partial charge in [0.15, 0.2) is 0 Å². The van der Waals surface area contributed by atoms with Crippen LogP contribution in [0.2, 0.25) is 10.0 Å². The van der Waals surface area contributed by atoms with E-state index in [-0.39, 0.29) is 11.5 Å². The first-order valence-corrected chi connectivity index (χ1v) is 7.69. The fourth-order valence-corrected chi connectivity index (χ4v) is 3.33. The monoisotopic (exact) mass is 336 g/mol. The van der Waals surface area contributed by atoms with Gasteiger partial charge in [-0.25, -0.2) is 0 Å². The maximum Gasteiger partial charge on any atom is 0.134 e. The molecule has 3 rings (SSSR count). The van der Waals surface area contributed by atoms with Gasteiger partial charge in [-0.1, -0.05) is 23.2 Å². The van der Waals surface area contributed by atoms with Crippen molar-refractivity contribution in [1.82, 2.24) is 0 Å². The van der Waals surface area contributed by atoms with Gasteiger partial charge in [0.2, 0.25) is 0 Å².